The van der Waals surface area contributed by atoms with Crippen molar-refractivity contribution in [1.29, 1.82) is 0 Å². The molecule has 0 unspecified atom stereocenters. The summed E-state index contributed by atoms with van der Waals surface area (Å²) in [6.07, 6.45) is 3.87. The van der Waals surface area contributed by atoms with Gasteiger partial charge in [-0.3, -0.25) is 14.5 Å². The third-order valence-electron chi connectivity index (χ3n) is 5.10. The highest BCUT2D eigenvalue weighted by Gasteiger charge is 2.12. The number of rotatable bonds is 6. The van der Waals surface area contributed by atoms with Gasteiger partial charge in [0.2, 0.25) is 0 Å². The fourth-order valence-corrected chi connectivity index (χ4v) is 3.58. The average Bonchev–Trinajstić information content (AvgIpc) is 3.11. The largest absolute Gasteiger partial charge is 0.492 e. The molecular weight excluding hydrogens is 356 g/mol. The van der Waals surface area contributed by atoms with Gasteiger partial charge in [-0.2, -0.15) is 0 Å². The number of nitrogens with one attached hydrogen (secondary N) is 2. The van der Waals surface area contributed by atoms with Crippen molar-refractivity contribution in [2.75, 3.05) is 26.2 Å². The molecule has 1 aliphatic heterocycles. The van der Waals surface area contributed by atoms with E-state index in [0.717, 1.165) is 36.3 Å². The Kier molecular flexibility index (Phi) is 5.16. The Hall–Kier alpha value is -3.06. The van der Waals surface area contributed by atoms with Gasteiger partial charge in [0.05, 0.1) is 11.3 Å². The van der Waals surface area contributed by atoms with Crippen molar-refractivity contribution in [2.24, 2.45) is 5.73 Å². The van der Waals surface area contributed by atoms with Crippen LogP contribution in [0.4, 0.5) is 0 Å². The summed E-state index contributed by atoms with van der Waals surface area (Å²) in [6, 6.07) is 11.9. The van der Waals surface area contributed by atoms with Gasteiger partial charge in [-0.25, -0.2) is 0 Å². The van der Waals surface area contributed by atoms with Gasteiger partial charge in [0, 0.05) is 23.5 Å². The fraction of sp³-hybridized carbons (Fsp3) is 0.333. The number of carbonyl (C=O) groups is 1. The molecule has 0 spiro atoms. The van der Waals surface area contributed by atoms with E-state index in [1.54, 1.807) is 0 Å². The lowest BCUT2D eigenvalue weighted by Crippen LogP contribution is -2.33. The summed E-state index contributed by atoms with van der Waals surface area (Å²) in [5, 5.41) is 0.948. The first kappa shape index (κ1) is 18.3. The van der Waals surface area contributed by atoms with E-state index in [4.69, 9.17) is 10.5 Å². The molecule has 1 saturated heterocycles. The predicted molar refractivity (Wildman–Crippen MR) is 107 cm³/mol. The zero-order valence-electron chi connectivity index (χ0n) is 15.6. The smallest absolute Gasteiger partial charge is 0.265 e. The second-order valence-corrected chi connectivity index (χ2v) is 7.08. The molecule has 3 heterocycles. The summed E-state index contributed by atoms with van der Waals surface area (Å²) in [5.41, 5.74) is 6.69. The summed E-state index contributed by atoms with van der Waals surface area (Å²) in [7, 11) is 0. The number of ether oxygens (including phenoxy) is 1. The minimum atomic E-state index is -0.716. The Morgan fingerprint density at radius 1 is 1.18 bits per heavy atom. The Bertz CT molecular complexity index is 1050. The number of fused-ring (bicyclic) bond motifs is 1. The monoisotopic (exact) mass is 379 g/mol. The van der Waals surface area contributed by atoms with Crippen LogP contribution in [-0.2, 0) is 0 Å². The molecule has 28 heavy (non-hydrogen) atoms. The van der Waals surface area contributed by atoms with Crippen LogP contribution in [0.2, 0.25) is 0 Å². The van der Waals surface area contributed by atoms with Crippen molar-refractivity contribution < 1.29 is 9.53 Å². The molecule has 2 aromatic heterocycles. The van der Waals surface area contributed by atoms with E-state index in [1.165, 1.54) is 25.3 Å². The minimum Gasteiger partial charge on any atom is -0.492 e. The first-order valence-electron chi connectivity index (χ1n) is 9.53. The van der Waals surface area contributed by atoms with Crippen LogP contribution >= 0.6 is 0 Å². The Morgan fingerprint density at radius 2 is 2.00 bits per heavy atom. The lowest BCUT2D eigenvalue weighted by Gasteiger charge is -2.26. The molecule has 4 N–H and O–H groups in total. The van der Waals surface area contributed by atoms with Crippen molar-refractivity contribution in [3.63, 3.8) is 0 Å². The number of pyridine rings is 1. The van der Waals surface area contributed by atoms with Gasteiger partial charge >= 0.3 is 0 Å². The number of amides is 1. The molecule has 0 bridgehead atoms. The van der Waals surface area contributed by atoms with E-state index in [-0.39, 0.29) is 5.69 Å². The topological polar surface area (TPSA) is 104 Å². The molecule has 145 valence electrons. The summed E-state index contributed by atoms with van der Waals surface area (Å²) >= 11 is 0. The van der Waals surface area contributed by atoms with Crippen LogP contribution in [0.1, 0.15) is 29.8 Å². The fourth-order valence-electron chi connectivity index (χ4n) is 3.58. The Labute approximate surface area is 162 Å². The Morgan fingerprint density at radius 3 is 2.75 bits per heavy atom. The number of piperidine rings is 1. The normalized spacial score (nSPS) is 15.0. The van der Waals surface area contributed by atoms with Gasteiger partial charge in [0.1, 0.15) is 18.1 Å². The molecule has 7 heteroatoms. The number of nitrogens with zero attached hydrogens (tertiary/aromatic N) is 1. The molecule has 0 aliphatic carbocycles. The quantitative estimate of drug-likeness (QED) is 0.611. The average molecular weight is 379 g/mol. The number of carbonyl (C=O) groups excluding carboxylic acids is 1. The van der Waals surface area contributed by atoms with Gasteiger partial charge in [0.25, 0.3) is 11.5 Å². The lowest BCUT2D eigenvalue weighted by molar-refractivity contribution is 0.0995. The maximum absolute atomic E-state index is 12.2. The first-order chi connectivity index (χ1) is 13.6. The summed E-state index contributed by atoms with van der Waals surface area (Å²) in [6.45, 7) is 3.91. The highest BCUT2D eigenvalue weighted by molar-refractivity contribution is 5.91. The van der Waals surface area contributed by atoms with Crippen molar-refractivity contribution in [3.05, 3.63) is 52.4 Å². The zero-order valence-corrected chi connectivity index (χ0v) is 15.6. The predicted octanol–water partition coefficient (Wildman–Crippen LogP) is 2.29. The molecule has 1 amide bonds. The van der Waals surface area contributed by atoms with Gasteiger partial charge in [-0.05, 0) is 56.3 Å². The van der Waals surface area contributed by atoms with Crippen LogP contribution in [0.25, 0.3) is 22.2 Å². The molecule has 1 fully saturated rings. The second kappa shape index (κ2) is 7.90. The first-order valence-corrected chi connectivity index (χ1v) is 9.53. The van der Waals surface area contributed by atoms with E-state index in [0.29, 0.717) is 17.9 Å². The van der Waals surface area contributed by atoms with Gasteiger partial charge in [-0.15, -0.1) is 0 Å². The zero-order chi connectivity index (χ0) is 19.5. The molecule has 1 aliphatic rings. The van der Waals surface area contributed by atoms with Crippen molar-refractivity contribution >= 4 is 16.8 Å². The van der Waals surface area contributed by atoms with E-state index >= 15 is 0 Å². The van der Waals surface area contributed by atoms with E-state index < -0.39 is 11.5 Å². The number of H-pyrrole nitrogens is 2. The minimum absolute atomic E-state index is 0.0331. The standard InChI is InChI=1S/C21H23N4O3/c22-20(26)18-7-5-16(21(27)24-18)19-13-14-12-15(4-6-17(14)23-19)28-11-10-25-8-2-1-3-9-25/h4-6,12-13,23H,1-3,8-11H2,(H2,22,26)(H,24,27). The van der Waals surface area contributed by atoms with Gasteiger partial charge in [0.15, 0.2) is 0 Å². The maximum atomic E-state index is 12.2. The number of benzene rings is 1. The number of aromatic nitrogens is 2. The van der Waals surface area contributed by atoms with Crippen molar-refractivity contribution in [1.82, 2.24) is 14.9 Å². The number of aromatic amines is 2. The van der Waals surface area contributed by atoms with Crippen LogP contribution in [0, 0.1) is 6.07 Å². The highest BCUT2D eigenvalue weighted by Crippen LogP contribution is 2.25. The molecule has 0 saturated carbocycles. The summed E-state index contributed by atoms with van der Waals surface area (Å²) < 4.78 is 5.92. The van der Waals surface area contributed by atoms with Gasteiger partial charge < -0.3 is 20.4 Å². The van der Waals surface area contributed by atoms with E-state index in [2.05, 4.69) is 20.9 Å². The molecule has 7 nitrogen and oxygen atoms in total. The molecule has 0 atom stereocenters. The second-order valence-electron chi connectivity index (χ2n) is 7.08. The van der Waals surface area contributed by atoms with Crippen LogP contribution in [0.5, 0.6) is 5.75 Å². The maximum Gasteiger partial charge on any atom is 0.265 e. The number of primary amides is 1. The number of hydrogen-bond donors (Lipinski definition) is 3. The third kappa shape index (κ3) is 3.94. The van der Waals surface area contributed by atoms with Crippen molar-refractivity contribution in [3.8, 4) is 17.0 Å². The third-order valence-corrected chi connectivity index (χ3v) is 5.10. The van der Waals surface area contributed by atoms with E-state index in [1.807, 2.05) is 24.3 Å². The van der Waals surface area contributed by atoms with E-state index in [9.17, 15) is 9.59 Å². The van der Waals surface area contributed by atoms with Crippen LogP contribution < -0.4 is 16.0 Å². The molecule has 3 aromatic rings. The molecule has 4 rings (SSSR count). The highest BCUT2D eigenvalue weighted by atomic mass is 16.5. The molecule has 1 radical (unpaired) electrons. The Balaban J connectivity index is 1.48. The summed E-state index contributed by atoms with van der Waals surface area (Å²) in [4.78, 5) is 31.5. The summed E-state index contributed by atoms with van der Waals surface area (Å²) in [5.74, 6) is 0.0891. The molecule has 1 aromatic carbocycles. The van der Waals surface area contributed by atoms with Crippen molar-refractivity contribution in [2.45, 2.75) is 19.3 Å². The van der Waals surface area contributed by atoms with Gasteiger partial charge in [-0.1, -0.05) is 6.42 Å². The SMILES string of the molecule is NC(=O)c1[c]cc(-c2cc3cc(OCCN4CCCCC4)ccc3[nH]2)c(=O)[nH]1. The number of nitrogens with two attached hydrogens (primary N) is 1. The van der Waals surface area contributed by atoms with Crippen LogP contribution in [0.3, 0.4) is 0 Å². The molecular formula is C21H23N4O3. The number of hydrogen-bond acceptors (Lipinski definition) is 4. The number of likely N-dealkylation sites (tertiary alicyclic amines) is 1. The van der Waals surface area contributed by atoms with Crippen LogP contribution in [-0.4, -0.2) is 47.0 Å². The van der Waals surface area contributed by atoms with Crippen LogP contribution in [0.15, 0.2) is 35.1 Å². The lowest BCUT2D eigenvalue weighted by atomic mass is 10.1.